The number of halogens is 1. The van der Waals surface area contributed by atoms with Crippen LogP contribution in [0.25, 0.3) is 0 Å². The van der Waals surface area contributed by atoms with Gasteiger partial charge in [0.2, 0.25) is 0 Å². The topological polar surface area (TPSA) is 64.3 Å². The molecule has 0 aliphatic heterocycles. The number of nitrogen functional groups attached to an aromatic ring is 1. The van der Waals surface area contributed by atoms with E-state index in [2.05, 4.69) is 5.32 Å². The molecule has 5 heteroatoms. The van der Waals surface area contributed by atoms with Gasteiger partial charge >= 0.3 is 0 Å². The van der Waals surface area contributed by atoms with Crippen molar-refractivity contribution >= 4 is 11.6 Å². The molecular weight excluding hydrogens is 223 g/mol. The molecule has 94 valence electrons. The number of carbonyl (C=O) groups excluding carboxylic acids is 1. The molecule has 0 spiro atoms. The summed E-state index contributed by atoms with van der Waals surface area (Å²) in [5.41, 5.74) is 5.50. The minimum Gasteiger partial charge on any atom is -0.396 e. The van der Waals surface area contributed by atoms with Crippen LogP contribution in [0, 0.1) is 5.82 Å². The molecule has 0 bridgehead atoms. The molecule has 0 aromatic heterocycles. The maximum atomic E-state index is 13.1. The summed E-state index contributed by atoms with van der Waals surface area (Å²) in [6.07, 6.45) is -0.0845. The molecular formula is C12H17FN2O2. The van der Waals surface area contributed by atoms with E-state index in [4.69, 9.17) is 10.5 Å². The number of benzene rings is 1. The number of rotatable bonds is 5. The van der Waals surface area contributed by atoms with E-state index in [0.717, 1.165) is 0 Å². The van der Waals surface area contributed by atoms with Gasteiger partial charge in [-0.2, -0.15) is 0 Å². The van der Waals surface area contributed by atoms with Crippen LogP contribution in [0.3, 0.4) is 0 Å². The second-order valence-electron chi connectivity index (χ2n) is 3.68. The maximum absolute atomic E-state index is 13.1. The lowest BCUT2D eigenvalue weighted by Crippen LogP contribution is -2.32. The predicted molar refractivity (Wildman–Crippen MR) is 64.2 cm³/mol. The first-order chi connectivity index (χ1) is 8.06. The molecule has 4 nitrogen and oxygen atoms in total. The van der Waals surface area contributed by atoms with Crippen LogP contribution < -0.4 is 11.1 Å². The van der Waals surface area contributed by atoms with E-state index in [9.17, 15) is 9.18 Å². The van der Waals surface area contributed by atoms with Crippen LogP contribution in [-0.2, 0) is 4.74 Å². The zero-order valence-corrected chi connectivity index (χ0v) is 10.00. The summed E-state index contributed by atoms with van der Waals surface area (Å²) < 4.78 is 18.4. The van der Waals surface area contributed by atoms with Crippen LogP contribution >= 0.6 is 0 Å². The van der Waals surface area contributed by atoms with Gasteiger partial charge in [0.15, 0.2) is 0 Å². The van der Waals surface area contributed by atoms with Crippen LogP contribution in [0.5, 0.6) is 0 Å². The molecule has 1 aromatic rings. The first-order valence-corrected chi connectivity index (χ1v) is 5.50. The molecule has 0 heterocycles. The minimum absolute atomic E-state index is 0.0845. The molecule has 3 N–H and O–H groups in total. The average Bonchev–Trinajstić information content (AvgIpc) is 2.30. The summed E-state index contributed by atoms with van der Waals surface area (Å²) in [6.45, 7) is 4.67. The number of hydrogen-bond donors (Lipinski definition) is 2. The van der Waals surface area contributed by atoms with Gasteiger partial charge in [-0.05, 0) is 26.0 Å². The van der Waals surface area contributed by atoms with Gasteiger partial charge in [0.05, 0.1) is 17.4 Å². The Morgan fingerprint density at radius 2 is 2.29 bits per heavy atom. The lowest BCUT2D eigenvalue weighted by molar-refractivity contribution is 0.0695. The van der Waals surface area contributed by atoms with Gasteiger partial charge in [0.25, 0.3) is 5.91 Å². The van der Waals surface area contributed by atoms with Gasteiger partial charge in [-0.1, -0.05) is 6.07 Å². The first-order valence-electron chi connectivity index (χ1n) is 5.50. The summed E-state index contributed by atoms with van der Waals surface area (Å²) in [7, 11) is 0. The zero-order chi connectivity index (χ0) is 12.8. The summed E-state index contributed by atoms with van der Waals surface area (Å²) in [5, 5.41) is 2.64. The van der Waals surface area contributed by atoms with Crippen molar-refractivity contribution in [1.29, 1.82) is 0 Å². The average molecular weight is 240 g/mol. The van der Waals surface area contributed by atoms with Gasteiger partial charge < -0.3 is 15.8 Å². The van der Waals surface area contributed by atoms with Gasteiger partial charge in [-0.15, -0.1) is 0 Å². The predicted octanol–water partition coefficient (Wildman–Crippen LogP) is 1.56. The Labute approximate surface area is 100.0 Å². The normalized spacial score (nSPS) is 12.2. The Morgan fingerprint density at radius 1 is 1.59 bits per heavy atom. The SMILES string of the molecule is CCOC(C)CNC(=O)c1cccc(F)c1N. The van der Waals surface area contributed by atoms with Crippen molar-refractivity contribution in [2.24, 2.45) is 0 Å². The summed E-state index contributed by atoms with van der Waals surface area (Å²) in [6, 6.07) is 4.15. The molecule has 0 saturated heterocycles. The van der Waals surface area contributed by atoms with Crippen LogP contribution in [-0.4, -0.2) is 25.2 Å². The molecule has 0 aliphatic carbocycles. The van der Waals surface area contributed by atoms with Crippen LogP contribution in [0.4, 0.5) is 10.1 Å². The number of nitrogens with one attached hydrogen (secondary N) is 1. The molecule has 1 amide bonds. The Balaban J connectivity index is 2.61. The second kappa shape index (κ2) is 6.20. The quantitative estimate of drug-likeness (QED) is 0.768. The fraction of sp³-hybridized carbons (Fsp3) is 0.417. The number of ether oxygens (including phenoxy) is 1. The van der Waals surface area contributed by atoms with Crippen molar-refractivity contribution < 1.29 is 13.9 Å². The molecule has 1 atom stereocenters. The molecule has 0 saturated carbocycles. The Bertz CT molecular complexity index is 396. The minimum atomic E-state index is -0.587. The molecule has 0 radical (unpaired) electrons. The number of para-hydroxylation sites is 1. The van der Waals surface area contributed by atoms with Gasteiger partial charge in [0.1, 0.15) is 5.82 Å². The van der Waals surface area contributed by atoms with Gasteiger partial charge in [-0.3, -0.25) is 4.79 Å². The summed E-state index contributed by atoms with van der Waals surface area (Å²) in [5.74, 6) is -0.982. The number of amides is 1. The lowest BCUT2D eigenvalue weighted by atomic mass is 10.1. The standard InChI is InChI=1S/C12H17FN2O2/c1-3-17-8(2)7-15-12(16)9-5-4-6-10(13)11(9)14/h4-6,8H,3,7,14H2,1-2H3,(H,15,16). The summed E-state index contributed by atoms with van der Waals surface area (Å²) >= 11 is 0. The fourth-order valence-electron chi connectivity index (χ4n) is 1.41. The number of nitrogens with two attached hydrogens (primary N) is 1. The molecule has 1 unspecified atom stereocenters. The fourth-order valence-corrected chi connectivity index (χ4v) is 1.41. The molecule has 0 fully saturated rings. The van der Waals surface area contributed by atoms with E-state index in [0.29, 0.717) is 13.2 Å². The number of carbonyl (C=O) groups is 1. The third kappa shape index (κ3) is 3.71. The molecule has 17 heavy (non-hydrogen) atoms. The van der Waals surface area contributed by atoms with Crippen molar-refractivity contribution in [3.8, 4) is 0 Å². The monoisotopic (exact) mass is 240 g/mol. The van der Waals surface area contributed by atoms with Crippen molar-refractivity contribution in [2.45, 2.75) is 20.0 Å². The third-order valence-corrected chi connectivity index (χ3v) is 2.30. The highest BCUT2D eigenvalue weighted by Crippen LogP contribution is 2.15. The van der Waals surface area contributed by atoms with Crippen LogP contribution in [0.15, 0.2) is 18.2 Å². The zero-order valence-electron chi connectivity index (χ0n) is 10.00. The number of anilines is 1. The highest BCUT2D eigenvalue weighted by Gasteiger charge is 2.13. The van der Waals surface area contributed by atoms with E-state index in [1.165, 1.54) is 18.2 Å². The molecule has 1 rings (SSSR count). The van der Waals surface area contributed by atoms with Crippen LogP contribution in [0.2, 0.25) is 0 Å². The van der Waals surface area contributed by atoms with Gasteiger partial charge in [-0.25, -0.2) is 4.39 Å². The molecule has 1 aromatic carbocycles. The van der Waals surface area contributed by atoms with Crippen molar-refractivity contribution in [2.75, 3.05) is 18.9 Å². The smallest absolute Gasteiger partial charge is 0.253 e. The Morgan fingerprint density at radius 3 is 2.94 bits per heavy atom. The van der Waals surface area contributed by atoms with Crippen molar-refractivity contribution in [1.82, 2.24) is 5.32 Å². The summed E-state index contributed by atoms with van der Waals surface area (Å²) in [4.78, 5) is 11.7. The highest BCUT2D eigenvalue weighted by molar-refractivity contribution is 5.99. The first kappa shape index (κ1) is 13.4. The van der Waals surface area contributed by atoms with E-state index in [1.807, 2.05) is 13.8 Å². The van der Waals surface area contributed by atoms with Crippen molar-refractivity contribution in [3.05, 3.63) is 29.6 Å². The lowest BCUT2D eigenvalue weighted by Gasteiger charge is -2.13. The third-order valence-electron chi connectivity index (χ3n) is 2.30. The Kier molecular flexibility index (Phi) is 4.90. The largest absolute Gasteiger partial charge is 0.396 e. The number of hydrogen-bond acceptors (Lipinski definition) is 3. The van der Waals surface area contributed by atoms with E-state index < -0.39 is 11.7 Å². The Hall–Kier alpha value is -1.62. The molecule has 0 aliphatic rings. The van der Waals surface area contributed by atoms with E-state index in [1.54, 1.807) is 0 Å². The van der Waals surface area contributed by atoms with E-state index in [-0.39, 0.29) is 17.4 Å². The van der Waals surface area contributed by atoms with Crippen LogP contribution in [0.1, 0.15) is 24.2 Å². The maximum Gasteiger partial charge on any atom is 0.253 e. The second-order valence-corrected chi connectivity index (χ2v) is 3.68. The van der Waals surface area contributed by atoms with E-state index >= 15 is 0 Å². The highest BCUT2D eigenvalue weighted by atomic mass is 19.1. The van der Waals surface area contributed by atoms with Crippen molar-refractivity contribution in [3.63, 3.8) is 0 Å². The van der Waals surface area contributed by atoms with Gasteiger partial charge in [0, 0.05) is 13.2 Å².